The maximum absolute atomic E-state index is 11.9. The average molecular weight is 289 g/mol. The van der Waals surface area contributed by atoms with Crippen LogP contribution >= 0.6 is 11.3 Å². The van der Waals surface area contributed by atoms with Crippen molar-refractivity contribution in [3.8, 4) is 10.6 Å². The molecule has 0 radical (unpaired) electrons. The van der Waals surface area contributed by atoms with Gasteiger partial charge in [0.1, 0.15) is 12.2 Å². The van der Waals surface area contributed by atoms with Crippen LogP contribution in [0.25, 0.3) is 10.6 Å². The van der Waals surface area contributed by atoms with Crippen LogP contribution in [-0.4, -0.2) is 32.8 Å². The molecule has 3 heterocycles. The Balaban J connectivity index is 1.57. The number of nitrogens with zero attached hydrogens (tertiary/aromatic N) is 3. The van der Waals surface area contributed by atoms with E-state index in [-0.39, 0.29) is 11.6 Å². The van der Waals surface area contributed by atoms with E-state index in [1.165, 1.54) is 17.7 Å². The molecule has 2 N–H and O–H groups in total. The Morgan fingerprint density at radius 2 is 2.45 bits per heavy atom. The van der Waals surface area contributed by atoms with Crippen LogP contribution in [0.1, 0.15) is 16.3 Å². The number of aromatic nitrogens is 4. The zero-order valence-corrected chi connectivity index (χ0v) is 11.2. The van der Waals surface area contributed by atoms with Crippen molar-refractivity contribution in [3.63, 3.8) is 0 Å². The Labute approximate surface area is 118 Å². The molecular weight excluding hydrogens is 278 g/mol. The average Bonchev–Trinajstić information content (AvgIpc) is 3.20. The van der Waals surface area contributed by atoms with Crippen molar-refractivity contribution in [1.29, 1.82) is 0 Å². The minimum Gasteiger partial charge on any atom is -0.355 e. The predicted molar refractivity (Wildman–Crippen MR) is 72.2 cm³/mol. The lowest BCUT2D eigenvalue weighted by Crippen LogP contribution is -2.26. The SMILES string of the molecule is O=C(NCCc1ncn[nH]1)c1cc(-c2cccs2)on1. The number of thiophene rings is 1. The van der Waals surface area contributed by atoms with Gasteiger partial charge in [-0.3, -0.25) is 9.89 Å². The highest BCUT2D eigenvalue weighted by Gasteiger charge is 2.13. The van der Waals surface area contributed by atoms with E-state index in [1.54, 1.807) is 6.07 Å². The molecule has 0 saturated carbocycles. The standard InChI is InChI=1S/C12H11N5O2S/c18-12(13-4-3-11-14-7-15-16-11)8-6-9(19-17-8)10-2-1-5-20-10/h1-2,5-7H,3-4H2,(H,13,18)(H,14,15,16). The molecule has 20 heavy (non-hydrogen) atoms. The van der Waals surface area contributed by atoms with E-state index in [2.05, 4.69) is 25.7 Å². The normalized spacial score (nSPS) is 10.6. The maximum Gasteiger partial charge on any atom is 0.273 e. The van der Waals surface area contributed by atoms with Crippen molar-refractivity contribution in [2.24, 2.45) is 0 Å². The summed E-state index contributed by atoms with van der Waals surface area (Å²) in [5.41, 5.74) is 0.269. The molecule has 3 aromatic rings. The molecule has 0 bridgehead atoms. The van der Waals surface area contributed by atoms with Gasteiger partial charge in [0, 0.05) is 19.0 Å². The molecule has 0 aliphatic rings. The van der Waals surface area contributed by atoms with Gasteiger partial charge in [-0.2, -0.15) is 5.10 Å². The summed E-state index contributed by atoms with van der Waals surface area (Å²) in [4.78, 5) is 16.8. The topological polar surface area (TPSA) is 96.7 Å². The van der Waals surface area contributed by atoms with Crippen LogP contribution in [0.2, 0.25) is 0 Å². The van der Waals surface area contributed by atoms with Crippen molar-refractivity contribution in [3.05, 3.63) is 41.4 Å². The smallest absolute Gasteiger partial charge is 0.273 e. The summed E-state index contributed by atoms with van der Waals surface area (Å²) in [5, 5.41) is 14.9. The fraction of sp³-hybridized carbons (Fsp3) is 0.167. The number of carbonyl (C=O) groups excluding carboxylic acids is 1. The van der Waals surface area contributed by atoms with E-state index in [0.29, 0.717) is 18.7 Å². The minimum atomic E-state index is -0.268. The first-order chi connectivity index (χ1) is 9.83. The fourth-order valence-corrected chi connectivity index (χ4v) is 2.33. The predicted octanol–water partition coefficient (Wildman–Crippen LogP) is 1.49. The highest BCUT2D eigenvalue weighted by atomic mass is 32.1. The van der Waals surface area contributed by atoms with Gasteiger partial charge in [-0.05, 0) is 11.4 Å². The van der Waals surface area contributed by atoms with Gasteiger partial charge in [-0.1, -0.05) is 11.2 Å². The Bertz CT molecular complexity index is 675. The molecule has 0 unspecified atom stereocenters. The van der Waals surface area contributed by atoms with Gasteiger partial charge in [0.05, 0.1) is 4.88 Å². The van der Waals surface area contributed by atoms with Gasteiger partial charge >= 0.3 is 0 Å². The van der Waals surface area contributed by atoms with Crippen LogP contribution in [0.4, 0.5) is 0 Å². The van der Waals surface area contributed by atoms with E-state index in [0.717, 1.165) is 10.7 Å². The van der Waals surface area contributed by atoms with Gasteiger partial charge in [0.25, 0.3) is 5.91 Å². The Morgan fingerprint density at radius 3 is 3.20 bits per heavy atom. The molecule has 8 heteroatoms. The third kappa shape index (κ3) is 2.75. The van der Waals surface area contributed by atoms with Crippen molar-refractivity contribution < 1.29 is 9.32 Å². The highest BCUT2D eigenvalue weighted by molar-refractivity contribution is 7.13. The Morgan fingerprint density at radius 1 is 1.50 bits per heavy atom. The number of carbonyl (C=O) groups is 1. The summed E-state index contributed by atoms with van der Waals surface area (Å²) in [7, 11) is 0. The monoisotopic (exact) mass is 289 g/mol. The molecule has 3 rings (SSSR count). The molecule has 0 fully saturated rings. The number of aromatic amines is 1. The summed E-state index contributed by atoms with van der Waals surface area (Å²) in [6.45, 7) is 0.454. The lowest BCUT2D eigenvalue weighted by molar-refractivity contribution is 0.0945. The first-order valence-corrected chi connectivity index (χ1v) is 6.84. The van der Waals surface area contributed by atoms with Crippen LogP contribution in [0, 0.1) is 0 Å². The van der Waals surface area contributed by atoms with E-state index in [1.807, 2.05) is 17.5 Å². The summed E-state index contributed by atoms with van der Waals surface area (Å²) in [6.07, 6.45) is 2.02. The summed E-state index contributed by atoms with van der Waals surface area (Å²) < 4.78 is 5.15. The maximum atomic E-state index is 11.9. The van der Waals surface area contributed by atoms with Gasteiger partial charge in [0.15, 0.2) is 11.5 Å². The number of amides is 1. The van der Waals surface area contributed by atoms with Gasteiger partial charge in [0.2, 0.25) is 0 Å². The number of H-pyrrole nitrogens is 1. The molecule has 0 aliphatic heterocycles. The zero-order valence-electron chi connectivity index (χ0n) is 10.4. The highest BCUT2D eigenvalue weighted by Crippen LogP contribution is 2.24. The summed E-state index contributed by atoms with van der Waals surface area (Å²) in [6, 6.07) is 5.46. The number of hydrogen-bond donors (Lipinski definition) is 2. The third-order valence-corrected chi connectivity index (χ3v) is 3.50. The second-order valence-corrected chi connectivity index (χ2v) is 4.94. The molecular formula is C12H11N5O2S. The van der Waals surface area contributed by atoms with Crippen molar-refractivity contribution in [1.82, 2.24) is 25.7 Å². The lowest BCUT2D eigenvalue weighted by atomic mass is 10.3. The molecule has 3 aromatic heterocycles. The van der Waals surface area contributed by atoms with Crippen LogP contribution in [-0.2, 0) is 6.42 Å². The van der Waals surface area contributed by atoms with Gasteiger partial charge < -0.3 is 9.84 Å². The lowest BCUT2D eigenvalue weighted by Gasteiger charge is -1.99. The van der Waals surface area contributed by atoms with Crippen molar-refractivity contribution in [2.45, 2.75) is 6.42 Å². The minimum absolute atomic E-state index is 0.268. The molecule has 0 saturated heterocycles. The van der Waals surface area contributed by atoms with Crippen LogP contribution in [0.3, 0.4) is 0 Å². The van der Waals surface area contributed by atoms with Crippen LogP contribution in [0.15, 0.2) is 34.4 Å². The molecule has 1 amide bonds. The first kappa shape index (κ1) is 12.5. The molecule has 0 aliphatic carbocycles. The largest absolute Gasteiger partial charge is 0.355 e. The van der Waals surface area contributed by atoms with Crippen LogP contribution < -0.4 is 5.32 Å². The number of hydrogen-bond acceptors (Lipinski definition) is 6. The molecule has 0 spiro atoms. The van der Waals surface area contributed by atoms with Crippen molar-refractivity contribution in [2.75, 3.05) is 6.54 Å². The molecule has 0 atom stereocenters. The number of rotatable bonds is 5. The van der Waals surface area contributed by atoms with Crippen LogP contribution in [0.5, 0.6) is 0 Å². The number of nitrogens with one attached hydrogen (secondary N) is 2. The summed E-state index contributed by atoms with van der Waals surface area (Å²) >= 11 is 1.53. The third-order valence-electron chi connectivity index (χ3n) is 2.62. The second-order valence-electron chi connectivity index (χ2n) is 3.99. The molecule has 102 valence electrons. The van der Waals surface area contributed by atoms with E-state index in [4.69, 9.17) is 4.52 Å². The van der Waals surface area contributed by atoms with E-state index < -0.39 is 0 Å². The fourth-order valence-electron chi connectivity index (χ4n) is 1.65. The Hall–Kier alpha value is -2.48. The van der Waals surface area contributed by atoms with Crippen molar-refractivity contribution >= 4 is 17.2 Å². The van der Waals surface area contributed by atoms with Gasteiger partial charge in [-0.15, -0.1) is 11.3 Å². The Kier molecular flexibility index (Phi) is 3.55. The second kappa shape index (κ2) is 5.66. The molecule has 0 aromatic carbocycles. The van der Waals surface area contributed by atoms with E-state index in [9.17, 15) is 4.79 Å². The zero-order chi connectivity index (χ0) is 13.8. The van der Waals surface area contributed by atoms with E-state index >= 15 is 0 Å². The molecule has 7 nitrogen and oxygen atoms in total. The first-order valence-electron chi connectivity index (χ1n) is 5.96. The summed E-state index contributed by atoms with van der Waals surface area (Å²) in [5.74, 6) is 1.06. The quantitative estimate of drug-likeness (QED) is 0.741. The van der Waals surface area contributed by atoms with Gasteiger partial charge in [-0.25, -0.2) is 4.98 Å².